The van der Waals surface area contributed by atoms with Gasteiger partial charge >= 0.3 is 5.97 Å². The molecule has 2 aromatic rings. The van der Waals surface area contributed by atoms with Gasteiger partial charge in [0.15, 0.2) is 6.10 Å². The highest BCUT2D eigenvalue weighted by Gasteiger charge is 2.23. The van der Waals surface area contributed by atoms with Gasteiger partial charge in [-0.2, -0.15) is 5.10 Å². The van der Waals surface area contributed by atoms with Crippen molar-refractivity contribution in [1.29, 1.82) is 0 Å². The fraction of sp³-hybridized carbons (Fsp3) is 0.368. The van der Waals surface area contributed by atoms with Gasteiger partial charge in [-0.1, -0.05) is 12.1 Å². The fourth-order valence-corrected chi connectivity index (χ4v) is 3.24. The summed E-state index contributed by atoms with van der Waals surface area (Å²) in [5.74, 6) is -0.765. The fourth-order valence-electron chi connectivity index (χ4n) is 2.40. The molecule has 0 saturated heterocycles. The van der Waals surface area contributed by atoms with Crippen molar-refractivity contribution in [2.24, 2.45) is 7.05 Å². The third-order valence-electron chi connectivity index (χ3n) is 3.95. The van der Waals surface area contributed by atoms with Gasteiger partial charge in [0, 0.05) is 11.9 Å². The van der Waals surface area contributed by atoms with Gasteiger partial charge in [-0.3, -0.25) is 14.3 Å². The monoisotopic (exact) mass is 389 g/mol. The molecule has 27 heavy (non-hydrogen) atoms. The van der Waals surface area contributed by atoms with Gasteiger partial charge in [-0.15, -0.1) is 11.8 Å². The van der Waals surface area contributed by atoms with Crippen LogP contribution in [0, 0.1) is 13.8 Å². The van der Waals surface area contributed by atoms with E-state index in [2.05, 4.69) is 10.4 Å². The van der Waals surface area contributed by atoms with Gasteiger partial charge < -0.3 is 10.1 Å². The number of nitrogens with zero attached hydrogens (tertiary/aromatic N) is 2. The molecule has 0 spiro atoms. The zero-order chi connectivity index (χ0) is 20.1. The van der Waals surface area contributed by atoms with Crippen molar-refractivity contribution in [2.75, 3.05) is 11.1 Å². The number of thioether (sulfide) groups is 1. The van der Waals surface area contributed by atoms with Crippen LogP contribution in [-0.2, 0) is 21.4 Å². The molecular formula is C19H23N3O4S. The molecule has 1 amide bonds. The number of aryl methyl sites for hydroxylation is 2. The van der Waals surface area contributed by atoms with Crippen molar-refractivity contribution in [1.82, 2.24) is 9.78 Å². The van der Waals surface area contributed by atoms with Crippen molar-refractivity contribution in [3.05, 3.63) is 41.2 Å². The standard InChI is InChI=1S/C19H23N3O4S/c1-11(23)10-27-16-9-7-6-8-15(16)19(25)26-14(4)18(24)20-17-12(2)21-22(5)13(17)3/h6-9,14H,10H2,1-5H3,(H,20,24)/t14-/m1/s1. The van der Waals surface area contributed by atoms with Crippen molar-refractivity contribution in [3.63, 3.8) is 0 Å². The first-order valence-electron chi connectivity index (χ1n) is 8.44. The Balaban J connectivity index is 2.07. The van der Waals surface area contributed by atoms with Crippen LogP contribution in [0.25, 0.3) is 0 Å². The Morgan fingerprint density at radius 2 is 1.93 bits per heavy atom. The lowest BCUT2D eigenvalue weighted by Crippen LogP contribution is -2.30. The molecular weight excluding hydrogens is 366 g/mol. The van der Waals surface area contributed by atoms with E-state index in [1.807, 2.05) is 6.92 Å². The topological polar surface area (TPSA) is 90.3 Å². The molecule has 0 aliphatic rings. The van der Waals surface area contributed by atoms with Crippen LogP contribution in [0.5, 0.6) is 0 Å². The van der Waals surface area contributed by atoms with E-state index in [0.29, 0.717) is 21.8 Å². The second kappa shape index (κ2) is 8.85. The van der Waals surface area contributed by atoms with Gasteiger partial charge in [0.2, 0.25) is 0 Å². The summed E-state index contributed by atoms with van der Waals surface area (Å²) in [6.45, 7) is 6.64. The van der Waals surface area contributed by atoms with E-state index in [-0.39, 0.29) is 11.5 Å². The number of ether oxygens (including phenoxy) is 1. The number of ketones is 1. The first-order valence-corrected chi connectivity index (χ1v) is 9.42. The van der Waals surface area contributed by atoms with Crippen LogP contribution in [0.15, 0.2) is 29.2 Å². The molecule has 1 heterocycles. The smallest absolute Gasteiger partial charge is 0.340 e. The molecule has 1 aromatic heterocycles. The number of anilines is 1. The summed E-state index contributed by atoms with van der Waals surface area (Å²) in [5.41, 5.74) is 2.44. The Kier molecular flexibility index (Phi) is 6.79. The summed E-state index contributed by atoms with van der Waals surface area (Å²) in [5, 5.41) is 7.00. The zero-order valence-electron chi connectivity index (χ0n) is 16.0. The lowest BCUT2D eigenvalue weighted by Gasteiger charge is -2.15. The van der Waals surface area contributed by atoms with Crippen LogP contribution in [0.4, 0.5) is 5.69 Å². The predicted octanol–water partition coefficient (Wildman–Crippen LogP) is 2.90. The minimum atomic E-state index is -0.984. The lowest BCUT2D eigenvalue weighted by molar-refractivity contribution is -0.123. The largest absolute Gasteiger partial charge is 0.449 e. The minimum absolute atomic E-state index is 0.0122. The summed E-state index contributed by atoms with van der Waals surface area (Å²) >= 11 is 1.27. The molecule has 144 valence electrons. The summed E-state index contributed by atoms with van der Waals surface area (Å²) in [6.07, 6.45) is -0.984. The first-order chi connectivity index (χ1) is 12.7. The number of hydrogen-bond donors (Lipinski definition) is 1. The number of Topliss-reactive ketones (excluding diaryl/α,β-unsaturated/α-hetero) is 1. The van der Waals surface area contributed by atoms with Gasteiger partial charge in [-0.05, 0) is 39.8 Å². The molecule has 0 unspecified atom stereocenters. The van der Waals surface area contributed by atoms with Crippen molar-refractivity contribution in [2.45, 2.75) is 38.7 Å². The van der Waals surface area contributed by atoms with E-state index >= 15 is 0 Å². The third-order valence-corrected chi connectivity index (χ3v) is 5.17. The Morgan fingerprint density at radius 3 is 2.52 bits per heavy atom. The average molecular weight is 389 g/mol. The molecule has 0 bridgehead atoms. The van der Waals surface area contributed by atoms with E-state index in [4.69, 9.17) is 4.74 Å². The van der Waals surface area contributed by atoms with Crippen molar-refractivity contribution in [3.8, 4) is 0 Å². The summed E-state index contributed by atoms with van der Waals surface area (Å²) in [7, 11) is 1.79. The van der Waals surface area contributed by atoms with Crippen LogP contribution in [0.2, 0.25) is 0 Å². The Morgan fingerprint density at radius 1 is 1.26 bits per heavy atom. The summed E-state index contributed by atoms with van der Waals surface area (Å²) in [4.78, 5) is 36.8. The molecule has 0 fully saturated rings. The number of carbonyl (C=O) groups is 3. The molecule has 0 radical (unpaired) electrons. The quantitative estimate of drug-likeness (QED) is 0.578. The number of esters is 1. The lowest BCUT2D eigenvalue weighted by atomic mass is 10.2. The highest BCUT2D eigenvalue weighted by molar-refractivity contribution is 8.00. The highest BCUT2D eigenvalue weighted by atomic mass is 32.2. The van der Waals surface area contributed by atoms with Crippen LogP contribution < -0.4 is 5.32 Å². The molecule has 1 atom stereocenters. The van der Waals surface area contributed by atoms with Gasteiger partial charge in [-0.25, -0.2) is 4.79 Å². The highest BCUT2D eigenvalue weighted by Crippen LogP contribution is 2.24. The van der Waals surface area contributed by atoms with Crippen molar-refractivity contribution >= 4 is 35.1 Å². The number of amides is 1. The number of carbonyl (C=O) groups excluding carboxylic acids is 3. The molecule has 0 aliphatic heterocycles. The zero-order valence-corrected chi connectivity index (χ0v) is 16.8. The number of aromatic nitrogens is 2. The number of hydrogen-bond acceptors (Lipinski definition) is 6. The van der Waals surface area contributed by atoms with E-state index in [0.717, 1.165) is 5.69 Å². The van der Waals surface area contributed by atoms with Crippen LogP contribution in [-0.4, -0.2) is 39.3 Å². The van der Waals surface area contributed by atoms with Gasteiger partial charge in [0.05, 0.1) is 28.4 Å². The average Bonchev–Trinajstić information content (AvgIpc) is 2.86. The Bertz CT molecular complexity index is 876. The first kappa shape index (κ1) is 20.7. The maximum atomic E-state index is 12.5. The maximum Gasteiger partial charge on any atom is 0.340 e. The van der Waals surface area contributed by atoms with E-state index in [1.165, 1.54) is 25.6 Å². The Hall–Kier alpha value is -2.61. The number of benzene rings is 1. The number of rotatable bonds is 7. The molecule has 7 nitrogen and oxygen atoms in total. The summed E-state index contributed by atoms with van der Waals surface area (Å²) < 4.78 is 7.00. The maximum absolute atomic E-state index is 12.5. The Labute approximate surface area is 162 Å². The van der Waals surface area contributed by atoms with Crippen molar-refractivity contribution < 1.29 is 19.1 Å². The number of nitrogens with one attached hydrogen (secondary N) is 1. The molecule has 0 saturated carbocycles. The third kappa shape index (κ3) is 5.19. The normalized spacial score (nSPS) is 11.7. The molecule has 8 heteroatoms. The molecule has 1 N–H and O–H groups in total. The second-order valence-electron chi connectivity index (χ2n) is 6.19. The second-order valence-corrected chi connectivity index (χ2v) is 7.21. The van der Waals surface area contributed by atoms with Gasteiger partial charge in [0.1, 0.15) is 5.78 Å². The van der Waals surface area contributed by atoms with E-state index in [1.54, 1.807) is 42.9 Å². The molecule has 2 rings (SSSR count). The minimum Gasteiger partial charge on any atom is -0.449 e. The molecule has 1 aromatic carbocycles. The van der Waals surface area contributed by atoms with Crippen LogP contribution in [0.1, 0.15) is 35.6 Å². The van der Waals surface area contributed by atoms with E-state index in [9.17, 15) is 14.4 Å². The summed E-state index contributed by atoms with van der Waals surface area (Å²) in [6, 6.07) is 6.85. The van der Waals surface area contributed by atoms with Gasteiger partial charge in [0.25, 0.3) is 5.91 Å². The van der Waals surface area contributed by atoms with Crippen LogP contribution >= 0.6 is 11.8 Å². The van der Waals surface area contributed by atoms with E-state index < -0.39 is 18.0 Å². The molecule has 0 aliphatic carbocycles. The SMILES string of the molecule is CC(=O)CSc1ccccc1C(=O)O[C@H](C)C(=O)Nc1c(C)nn(C)c1C. The van der Waals surface area contributed by atoms with Crippen LogP contribution in [0.3, 0.4) is 0 Å². The predicted molar refractivity (Wildman–Crippen MR) is 104 cm³/mol.